The summed E-state index contributed by atoms with van der Waals surface area (Å²) < 4.78 is 5.31. The van der Waals surface area contributed by atoms with Crippen LogP contribution in [0.15, 0.2) is 0 Å². The van der Waals surface area contributed by atoms with Crippen molar-refractivity contribution >= 4 is 0 Å². The summed E-state index contributed by atoms with van der Waals surface area (Å²) in [6.07, 6.45) is 5.31. The molecule has 0 spiro atoms. The molecule has 0 aromatic rings. The van der Waals surface area contributed by atoms with Crippen molar-refractivity contribution in [2.45, 2.75) is 56.3 Å². The van der Waals surface area contributed by atoms with E-state index < -0.39 is 0 Å². The van der Waals surface area contributed by atoms with Gasteiger partial charge in [0.15, 0.2) is 0 Å². The molecule has 3 unspecified atom stereocenters. The molecule has 0 radical (unpaired) electrons. The highest BCUT2D eigenvalue weighted by molar-refractivity contribution is 5.05. The van der Waals surface area contributed by atoms with Crippen LogP contribution in [0.2, 0.25) is 0 Å². The fourth-order valence-corrected chi connectivity index (χ4v) is 3.39. The van der Waals surface area contributed by atoms with Crippen molar-refractivity contribution in [2.75, 3.05) is 27.2 Å². The van der Waals surface area contributed by atoms with Gasteiger partial charge in [0.25, 0.3) is 0 Å². The zero-order valence-electron chi connectivity index (χ0n) is 11.4. The molecule has 2 aliphatic rings. The van der Waals surface area contributed by atoms with Gasteiger partial charge in [-0.25, -0.2) is 0 Å². The van der Waals surface area contributed by atoms with Crippen LogP contribution in [0.1, 0.15) is 32.6 Å². The third-order valence-corrected chi connectivity index (χ3v) is 4.80. The molecule has 17 heavy (non-hydrogen) atoms. The van der Waals surface area contributed by atoms with Crippen LogP contribution >= 0.6 is 0 Å². The van der Waals surface area contributed by atoms with Crippen LogP contribution in [0, 0.1) is 0 Å². The lowest BCUT2D eigenvalue weighted by molar-refractivity contribution is 0.0685. The summed E-state index contributed by atoms with van der Waals surface area (Å²) in [5.41, 5.74) is 6.19. The number of hydrogen-bond acceptors (Lipinski definition) is 4. The molecular formula is C13H27N3O. The second kappa shape index (κ2) is 5.22. The molecule has 0 aromatic heterocycles. The Bertz CT molecular complexity index is 245. The lowest BCUT2D eigenvalue weighted by atomic mass is 9.83. The van der Waals surface area contributed by atoms with Gasteiger partial charge < -0.3 is 20.7 Å². The molecule has 2 heterocycles. The number of ether oxygens (including phenoxy) is 1. The van der Waals surface area contributed by atoms with Gasteiger partial charge in [-0.05, 0) is 39.7 Å². The van der Waals surface area contributed by atoms with E-state index in [9.17, 15) is 0 Å². The van der Waals surface area contributed by atoms with E-state index in [1.165, 1.54) is 25.7 Å². The van der Waals surface area contributed by atoms with Crippen LogP contribution < -0.4 is 11.1 Å². The lowest BCUT2D eigenvalue weighted by Gasteiger charge is -2.45. The number of nitrogens with one attached hydrogen (secondary N) is 1. The van der Waals surface area contributed by atoms with Gasteiger partial charge in [-0.1, -0.05) is 0 Å². The SMILES string of the molecule is COC(C)CNC1(CN)CC2CCC(C1)N2C. The minimum absolute atomic E-state index is 0.144. The number of rotatable bonds is 5. The summed E-state index contributed by atoms with van der Waals surface area (Å²) in [6, 6.07) is 1.45. The van der Waals surface area contributed by atoms with E-state index in [1.807, 2.05) is 0 Å². The average molecular weight is 241 g/mol. The van der Waals surface area contributed by atoms with Gasteiger partial charge in [-0.3, -0.25) is 0 Å². The second-order valence-electron chi connectivity index (χ2n) is 5.87. The Kier molecular flexibility index (Phi) is 4.08. The van der Waals surface area contributed by atoms with Gasteiger partial charge in [0.1, 0.15) is 0 Å². The first-order valence-electron chi connectivity index (χ1n) is 6.80. The molecule has 0 aromatic carbocycles. The van der Waals surface area contributed by atoms with Crippen molar-refractivity contribution in [3.63, 3.8) is 0 Å². The maximum Gasteiger partial charge on any atom is 0.0667 e. The molecule has 0 aliphatic carbocycles. The van der Waals surface area contributed by atoms with E-state index in [0.29, 0.717) is 0 Å². The monoisotopic (exact) mass is 241 g/mol. The van der Waals surface area contributed by atoms with Crippen molar-refractivity contribution in [2.24, 2.45) is 5.73 Å². The summed E-state index contributed by atoms with van der Waals surface area (Å²) in [6.45, 7) is 3.74. The van der Waals surface area contributed by atoms with Crippen LogP contribution in [0.3, 0.4) is 0 Å². The van der Waals surface area contributed by atoms with Crippen LogP contribution in [0.5, 0.6) is 0 Å². The van der Waals surface area contributed by atoms with Crippen molar-refractivity contribution in [1.82, 2.24) is 10.2 Å². The third kappa shape index (κ3) is 2.65. The molecule has 2 aliphatic heterocycles. The van der Waals surface area contributed by atoms with Crippen LogP contribution in [0.25, 0.3) is 0 Å². The normalized spacial score (nSPS) is 39.5. The van der Waals surface area contributed by atoms with Crippen molar-refractivity contribution < 1.29 is 4.74 Å². The van der Waals surface area contributed by atoms with Crippen LogP contribution in [-0.2, 0) is 4.74 Å². The Morgan fingerprint density at radius 2 is 2.00 bits per heavy atom. The van der Waals surface area contributed by atoms with Gasteiger partial charge in [0.2, 0.25) is 0 Å². The van der Waals surface area contributed by atoms with E-state index in [2.05, 4.69) is 24.2 Å². The number of nitrogens with zero attached hydrogens (tertiary/aromatic N) is 1. The summed E-state index contributed by atoms with van der Waals surface area (Å²) in [4.78, 5) is 2.55. The maximum atomic E-state index is 6.04. The average Bonchev–Trinajstić information content (AvgIpc) is 2.58. The zero-order valence-corrected chi connectivity index (χ0v) is 11.4. The number of piperidine rings is 1. The highest BCUT2D eigenvalue weighted by Gasteiger charge is 2.45. The molecule has 4 nitrogen and oxygen atoms in total. The Morgan fingerprint density at radius 1 is 1.41 bits per heavy atom. The van der Waals surface area contributed by atoms with Crippen molar-refractivity contribution in [1.29, 1.82) is 0 Å². The largest absolute Gasteiger partial charge is 0.380 e. The first kappa shape index (κ1) is 13.3. The zero-order chi connectivity index (χ0) is 12.5. The molecule has 100 valence electrons. The van der Waals surface area contributed by atoms with E-state index in [0.717, 1.165) is 25.2 Å². The molecule has 4 heteroatoms. The topological polar surface area (TPSA) is 50.5 Å². The van der Waals surface area contributed by atoms with E-state index >= 15 is 0 Å². The van der Waals surface area contributed by atoms with Crippen molar-refractivity contribution in [3.8, 4) is 0 Å². The predicted molar refractivity (Wildman–Crippen MR) is 70.1 cm³/mol. The van der Waals surface area contributed by atoms with Crippen molar-refractivity contribution in [3.05, 3.63) is 0 Å². The Balaban J connectivity index is 1.96. The lowest BCUT2D eigenvalue weighted by Crippen LogP contribution is -2.61. The quantitative estimate of drug-likeness (QED) is 0.739. The summed E-state index contributed by atoms with van der Waals surface area (Å²) in [5.74, 6) is 0. The second-order valence-corrected chi connectivity index (χ2v) is 5.87. The number of fused-ring (bicyclic) bond motifs is 2. The summed E-state index contributed by atoms with van der Waals surface area (Å²) >= 11 is 0. The number of hydrogen-bond donors (Lipinski definition) is 2. The van der Waals surface area contributed by atoms with Gasteiger partial charge >= 0.3 is 0 Å². The molecule has 2 rings (SSSR count). The minimum atomic E-state index is 0.144. The molecule has 3 atom stereocenters. The molecule has 2 saturated heterocycles. The fraction of sp³-hybridized carbons (Fsp3) is 1.00. The summed E-state index contributed by atoms with van der Waals surface area (Å²) in [5, 5.41) is 3.68. The van der Waals surface area contributed by atoms with E-state index in [-0.39, 0.29) is 11.6 Å². The Hall–Kier alpha value is -0.160. The smallest absolute Gasteiger partial charge is 0.0667 e. The van der Waals surface area contributed by atoms with Crippen LogP contribution in [0.4, 0.5) is 0 Å². The highest BCUT2D eigenvalue weighted by atomic mass is 16.5. The Morgan fingerprint density at radius 3 is 2.47 bits per heavy atom. The number of nitrogens with two attached hydrogens (primary N) is 1. The van der Waals surface area contributed by atoms with E-state index in [4.69, 9.17) is 10.5 Å². The van der Waals surface area contributed by atoms with Gasteiger partial charge in [-0.15, -0.1) is 0 Å². The highest BCUT2D eigenvalue weighted by Crippen LogP contribution is 2.39. The third-order valence-electron chi connectivity index (χ3n) is 4.80. The molecule has 3 N–H and O–H groups in total. The first-order chi connectivity index (χ1) is 8.10. The van der Waals surface area contributed by atoms with Gasteiger partial charge in [0.05, 0.1) is 6.10 Å². The Labute approximate surface area is 105 Å². The van der Waals surface area contributed by atoms with Gasteiger partial charge in [-0.2, -0.15) is 0 Å². The summed E-state index contributed by atoms with van der Waals surface area (Å²) in [7, 11) is 4.03. The standard InChI is InChI=1S/C13H27N3O/c1-10(17-3)8-15-13(9-14)6-11-4-5-12(7-13)16(11)2/h10-12,15H,4-9,14H2,1-3H3. The van der Waals surface area contributed by atoms with E-state index in [1.54, 1.807) is 7.11 Å². The minimum Gasteiger partial charge on any atom is -0.380 e. The fourth-order valence-electron chi connectivity index (χ4n) is 3.39. The molecule has 0 amide bonds. The van der Waals surface area contributed by atoms with Crippen LogP contribution in [-0.4, -0.2) is 55.9 Å². The predicted octanol–water partition coefficient (Wildman–Crippen LogP) is 0.565. The van der Waals surface area contributed by atoms with Gasteiger partial charge in [0, 0.05) is 37.8 Å². The maximum absolute atomic E-state index is 6.04. The molecule has 0 saturated carbocycles. The molecule has 2 bridgehead atoms. The first-order valence-corrected chi connectivity index (χ1v) is 6.80. The molecular weight excluding hydrogens is 214 g/mol. The number of methoxy groups -OCH3 is 1. The molecule has 2 fully saturated rings.